The molecule has 1 aliphatic rings. The van der Waals surface area contributed by atoms with E-state index in [1.165, 1.54) is 18.2 Å². The Morgan fingerprint density at radius 2 is 1.95 bits per heavy atom. The van der Waals surface area contributed by atoms with Crippen LogP contribution in [0.5, 0.6) is 5.75 Å². The van der Waals surface area contributed by atoms with E-state index in [1.807, 2.05) is 0 Å². The molecule has 2 rings (SSSR count). The number of carbonyl (C=O) groups is 1. The summed E-state index contributed by atoms with van der Waals surface area (Å²) < 4.78 is 40.8. The minimum Gasteiger partial charge on any atom is -0.404 e. The molecule has 1 fully saturated rings. The van der Waals surface area contributed by atoms with Crippen LogP contribution in [0.2, 0.25) is 0 Å². The highest BCUT2D eigenvalue weighted by atomic mass is 19.4. The number of amides is 1. The second-order valence-corrected chi connectivity index (χ2v) is 5.32. The normalized spacial score (nSPS) is 16.3. The number of rotatable bonds is 5. The number of nitrogens with one attached hydrogen (secondary N) is 2. The van der Waals surface area contributed by atoms with Crippen LogP contribution in [-0.4, -0.2) is 25.4 Å². The summed E-state index contributed by atoms with van der Waals surface area (Å²) in [6.45, 7) is 1.91. The minimum atomic E-state index is -4.78. The van der Waals surface area contributed by atoms with Gasteiger partial charge in [0.2, 0.25) is 5.91 Å². The summed E-state index contributed by atoms with van der Waals surface area (Å²) in [5.41, 5.74) is 0.0372. The highest BCUT2D eigenvalue weighted by Gasteiger charge is 2.32. The van der Waals surface area contributed by atoms with E-state index in [-0.39, 0.29) is 11.6 Å². The van der Waals surface area contributed by atoms with E-state index < -0.39 is 12.1 Å². The van der Waals surface area contributed by atoms with Crippen LogP contribution in [0.25, 0.3) is 0 Å². The van der Waals surface area contributed by atoms with Gasteiger partial charge >= 0.3 is 6.36 Å². The summed E-state index contributed by atoms with van der Waals surface area (Å²) in [6.07, 6.45) is -1.68. The highest BCUT2D eigenvalue weighted by molar-refractivity contribution is 5.92. The van der Waals surface area contributed by atoms with Gasteiger partial charge < -0.3 is 15.4 Å². The van der Waals surface area contributed by atoms with Gasteiger partial charge in [-0.05, 0) is 50.4 Å². The van der Waals surface area contributed by atoms with Crippen molar-refractivity contribution in [2.75, 3.05) is 18.4 Å². The molecule has 22 heavy (non-hydrogen) atoms. The number of halogens is 3. The second kappa shape index (κ2) is 7.49. The molecule has 0 unspecified atom stereocenters. The third kappa shape index (κ3) is 5.55. The lowest BCUT2D eigenvalue weighted by Gasteiger charge is -2.22. The van der Waals surface area contributed by atoms with E-state index in [2.05, 4.69) is 15.4 Å². The molecule has 122 valence electrons. The summed E-state index contributed by atoms with van der Waals surface area (Å²) in [7, 11) is 0. The zero-order chi connectivity index (χ0) is 16.0. The molecule has 0 atom stereocenters. The third-order valence-electron chi connectivity index (χ3n) is 3.63. The maximum absolute atomic E-state index is 12.3. The molecule has 0 radical (unpaired) electrons. The van der Waals surface area contributed by atoms with Crippen LogP contribution in [0.4, 0.5) is 18.9 Å². The van der Waals surface area contributed by atoms with Crippen molar-refractivity contribution in [2.24, 2.45) is 5.92 Å². The maximum atomic E-state index is 12.3. The molecule has 1 aromatic carbocycles. The number of ether oxygens (including phenoxy) is 1. The van der Waals surface area contributed by atoms with Crippen molar-refractivity contribution >= 4 is 11.6 Å². The molecule has 0 saturated carbocycles. The molecule has 0 aliphatic carbocycles. The number of hydrogen-bond donors (Lipinski definition) is 2. The van der Waals surface area contributed by atoms with Crippen LogP contribution >= 0.6 is 0 Å². The maximum Gasteiger partial charge on any atom is 0.573 e. The predicted octanol–water partition coefficient (Wildman–Crippen LogP) is 3.30. The van der Waals surface area contributed by atoms with Crippen molar-refractivity contribution in [3.05, 3.63) is 24.3 Å². The molecule has 0 spiro atoms. The number of piperidine rings is 1. The van der Waals surface area contributed by atoms with E-state index >= 15 is 0 Å². The average molecular weight is 316 g/mol. The second-order valence-electron chi connectivity index (χ2n) is 5.32. The lowest BCUT2D eigenvalue weighted by molar-refractivity contribution is -0.274. The minimum absolute atomic E-state index is 0.0372. The first-order valence-electron chi connectivity index (χ1n) is 7.29. The van der Waals surface area contributed by atoms with Gasteiger partial charge in [0, 0.05) is 6.42 Å². The van der Waals surface area contributed by atoms with E-state index in [4.69, 9.17) is 0 Å². The van der Waals surface area contributed by atoms with Crippen LogP contribution < -0.4 is 15.4 Å². The third-order valence-corrected chi connectivity index (χ3v) is 3.63. The van der Waals surface area contributed by atoms with Gasteiger partial charge in [-0.3, -0.25) is 4.79 Å². The van der Waals surface area contributed by atoms with Gasteiger partial charge in [0.05, 0.1) is 5.69 Å². The Morgan fingerprint density at radius 3 is 2.64 bits per heavy atom. The number of hydrogen-bond acceptors (Lipinski definition) is 3. The van der Waals surface area contributed by atoms with E-state index in [9.17, 15) is 18.0 Å². The molecule has 7 heteroatoms. The van der Waals surface area contributed by atoms with Crippen molar-refractivity contribution in [1.29, 1.82) is 0 Å². The average Bonchev–Trinajstić information content (AvgIpc) is 2.47. The Hall–Kier alpha value is -1.76. The molecule has 1 saturated heterocycles. The van der Waals surface area contributed by atoms with Gasteiger partial charge in [-0.25, -0.2) is 0 Å². The summed E-state index contributed by atoms with van der Waals surface area (Å²) in [4.78, 5) is 11.9. The van der Waals surface area contributed by atoms with Gasteiger partial charge in [-0.1, -0.05) is 12.1 Å². The van der Waals surface area contributed by atoms with Crippen LogP contribution in [0.15, 0.2) is 24.3 Å². The van der Waals surface area contributed by atoms with E-state index in [0.29, 0.717) is 12.3 Å². The van der Waals surface area contributed by atoms with Gasteiger partial charge in [-0.2, -0.15) is 0 Å². The van der Waals surface area contributed by atoms with E-state index in [1.54, 1.807) is 6.07 Å². The topological polar surface area (TPSA) is 50.4 Å². The van der Waals surface area contributed by atoms with Crippen LogP contribution in [0.3, 0.4) is 0 Å². The zero-order valence-corrected chi connectivity index (χ0v) is 12.1. The molecule has 2 N–H and O–H groups in total. The Labute approximate surface area is 127 Å². The molecule has 1 amide bonds. The Bertz CT molecular complexity index is 500. The van der Waals surface area contributed by atoms with Gasteiger partial charge in [0.1, 0.15) is 0 Å². The SMILES string of the molecule is O=C(CCC1CCNCC1)Nc1ccccc1OC(F)(F)F. The summed E-state index contributed by atoms with van der Waals surface area (Å²) >= 11 is 0. The summed E-state index contributed by atoms with van der Waals surface area (Å²) in [5.74, 6) is -0.198. The quantitative estimate of drug-likeness (QED) is 0.876. The molecular weight excluding hydrogens is 297 g/mol. The number of benzene rings is 1. The Kier molecular flexibility index (Phi) is 5.65. The monoisotopic (exact) mass is 316 g/mol. The lowest BCUT2D eigenvalue weighted by Crippen LogP contribution is -2.28. The number of anilines is 1. The van der Waals surface area contributed by atoms with Gasteiger partial charge in [0.25, 0.3) is 0 Å². The van der Waals surface area contributed by atoms with E-state index in [0.717, 1.165) is 32.4 Å². The Balaban J connectivity index is 1.88. The smallest absolute Gasteiger partial charge is 0.404 e. The van der Waals surface area contributed by atoms with Crippen LogP contribution in [-0.2, 0) is 4.79 Å². The lowest BCUT2D eigenvalue weighted by atomic mass is 9.93. The fourth-order valence-electron chi connectivity index (χ4n) is 2.50. The van der Waals surface area contributed by atoms with Gasteiger partial charge in [0.15, 0.2) is 5.75 Å². The number of alkyl halides is 3. The van der Waals surface area contributed by atoms with Gasteiger partial charge in [-0.15, -0.1) is 13.2 Å². The number of carbonyl (C=O) groups excluding carboxylic acids is 1. The van der Waals surface area contributed by atoms with Crippen LogP contribution in [0.1, 0.15) is 25.7 Å². The van der Waals surface area contributed by atoms with Crippen LogP contribution in [0, 0.1) is 5.92 Å². The first-order valence-corrected chi connectivity index (χ1v) is 7.29. The molecule has 0 aromatic heterocycles. The van der Waals surface area contributed by atoms with Crippen molar-refractivity contribution in [3.8, 4) is 5.75 Å². The molecular formula is C15H19F3N2O2. The summed E-state index contributed by atoms with van der Waals surface area (Å²) in [6, 6.07) is 5.54. The van der Waals surface area contributed by atoms with Crippen molar-refractivity contribution < 1.29 is 22.7 Å². The zero-order valence-electron chi connectivity index (χ0n) is 12.1. The first-order chi connectivity index (χ1) is 10.4. The van der Waals surface area contributed by atoms with Crippen molar-refractivity contribution in [3.63, 3.8) is 0 Å². The standard InChI is InChI=1S/C15H19F3N2O2/c16-15(17,18)22-13-4-2-1-3-12(13)20-14(21)6-5-11-7-9-19-10-8-11/h1-4,11,19H,5-10H2,(H,20,21). The molecule has 1 aromatic rings. The molecule has 1 aliphatic heterocycles. The Morgan fingerprint density at radius 1 is 1.27 bits per heavy atom. The predicted molar refractivity (Wildman–Crippen MR) is 76.6 cm³/mol. The summed E-state index contributed by atoms with van der Waals surface area (Å²) in [5, 5.41) is 5.74. The first kappa shape index (κ1) is 16.6. The molecule has 1 heterocycles. The highest BCUT2D eigenvalue weighted by Crippen LogP contribution is 2.30. The molecule has 4 nitrogen and oxygen atoms in total. The largest absolute Gasteiger partial charge is 0.573 e. The van der Waals surface area contributed by atoms with Crippen molar-refractivity contribution in [2.45, 2.75) is 32.0 Å². The molecule has 0 bridgehead atoms. The number of para-hydroxylation sites is 2. The fraction of sp³-hybridized carbons (Fsp3) is 0.533. The van der Waals surface area contributed by atoms with Crippen molar-refractivity contribution in [1.82, 2.24) is 5.32 Å². The fourth-order valence-corrected chi connectivity index (χ4v) is 2.50.